The molecular weight excluding hydrogens is 318 g/mol. The summed E-state index contributed by atoms with van der Waals surface area (Å²) < 4.78 is 0. The van der Waals surface area contributed by atoms with Gasteiger partial charge in [-0.1, -0.05) is 12.8 Å². The van der Waals surface area contributed by atoms with Gasteiger partial charge in [-0.3, -0.25) is 4.79 Å². The lowest BCUT2D eigenvalue weighted by atomic mass is 10.2. The second kappa shape index (κ2) is 8.18. The first-order chi connectivity index (χ1) is 12.1. The van der Waals surface area contributed by atoms with Crippen LogP contribution in [0.2, 0.25) is 0 Å². The van der Waals surface area contributed by atoms with Crippen molar-refractivity contribution in [1.29, 1.82) is 0 Å². The molecule has 1 aliphatic carbocycles. The summed E-state index contributed by atoms with van der Waals surface area (Å²) in [6, 6.07) is 2.92. The first-order valence-corrected chi connectivity index (χ1v) is 9.21. The fraction of sp³-hybridized carbons (Fsp3) is 0.611. The minimum Gasteiger partial charge on any atom is -0.355 e. The minimum absolute atomic E-state index is 0.131. The zero-order valence-electron chi connectivity index (χ0n) is 14.8. The molecule has 0 unspecified atom stereocenters. The van der Waals surface area contributed by atoms with Crippen LogP contribution in [0.5, 0.6) is 0 Å². The van der Waals surface area contributed by atoms with Gasteiger partial charge in [-0.05, 0) is 44.7 Å². The number of anilines is 2. The van der Waals surface area contributed by atoms with Crippen LogP contribution in [0.4, 0.5) is 16.3 Å². The second-order valence-electron chi connectivity index (χ2n) is 6.88. The molecule has 1 aliphatic heterocycles. The minimum atomic E-state index is -0.576. The highest BCUT2D eigenvalue weighted by Crippen LogP contribution is 2.25. The molecule has 1 atom stereocenters. The first-order valence-electron chi connectivity index (χ1n) is 9.21. The molecular formula is C18H27N5O2. The molecule has 0 radical (unpaired) electrons. The summed E-state index contributed by atoms with van der Waals surface area (Å²) in [4.78, 5) is 31.0. The lowest BCUT2D eigenvalue weighted by Crippen LogP contribution is -2.48. The Labute approximate surface area is 148 Å². The van der Waals surface area contributed by atoms with Crippen molar-refractivity contribution in [2.45, 2.75) is 57.5 Å². The lowest BCUT2D eigenvalue weighted by molar-refractivity contribution is -0.123. The number of nitrogens with one attached hydrogen (secondary N) is 3. The highest BCUT2D eigenvalue weighted by Gasteiger charge is 2.23. The molecule has 0 spiro atoms. The molecule has 2 aliphatic rings. The average molecular weight is 345 g/mol. The van der Waals surface area contributed by atoms with Crippen LogP contribution in [0.15, 0.2) is 18.3 Å². The molecule has 7 heteroatoms. The number of hydrogen-bond donors (Lipinski definition) is 3. The van der Waals surface area contributed by atoms with Gasteiger partial charge in [0.1, 0.15) is 6.04 Å². The van der Waals surface area contributed by atoms with Crippen LogP contribution in [0.25, 0.3) is 0 Å². The van der Waals surface area contributed by atoms with Gasteiger partial charge in [-0.15, -0.1) is 0 Å². The van der Waals surface area contributed by atoms with E-state index in [4.69, 9.17) is 0 Å². The van der Waals surface area contributed by atoms with E-state index in [1.165, 1.54) is 0 Å². The number of hydrogen-bond acceptors (Lipinski definition) is 4. The third kappa shape index (κ3) is 4.61. The van der Waals surface area contributed by atoms with E-state index >= 15 is 0 Å². The molecule has 0 aromatic carbocycles. The fourth-order valence-corrected chi connectivity index (χ4v) is 3.49. The second-order valence-corrected chi connectivity index (χ2v) is 6.88. The van der Waals surface area contributed by atoms with E-state index in [0.717, 1.165) is 57.4 Å². The highest BCUT2D eigenvalue weighted by atomic mass is 16.2. The van der Waals surface area contributed by atoms with Crippen LogP contribution in [-0.4, -0.2) is 42.1 Å². The van der Waals surface area contributed by atoms with Crippen molar-refractivity contribution in [2.24, 2.45) is 0 Å². The molecule has 2 fully saturated rings. The Hall–Kier alpha value is -2.31. The van der Waals surface area contributed by atoms with E-state index < -0.39 is 6.04 Å². The third-order valence-corrected chi connectivity index (χ3v) is 4.88. The van der Waals surface area contributed by atoms with Crippen molar-refractivity contribution in [2.75, 3.05) is 23.3 Å². The van der Waals surface area contributed by atoms with E-state index in [0.29, 0.717) is 5.69 Å². The Balaban J connectivity index is 1.54. The Morgan fingerprint density at radius 1 is 1.20 bits per heavy atom. The normalized spacial score (nSPS) is 18.8. The van der Waals surface area contributed by atoms with Crippen LogP contribution in [0.1, 0.15) is 45.4 Å². The molecule has 2 heterocycles. The molecule has 7 nitrogen and oxygen atoms in total. The van der Waals surface area contributed by atoms with E-state index in [2.05, 4.69) is 25.8 Å². The number of urea groups is 1. The van der Waals surface area contributed by atoms with Crippen molar-refractivity contribution in [3.63, 3.8) is 0 Å². The van der Waals surface area contributed by atoms with Crippen LogP contribution in [-0.2, 0) is 4.79 Å². The molecule has 136 valence electrons. The molecule has 1 saturated heterocycles. The number of nitrogens with zero attached hydrogens (tertiary/aromatic N) is 2. The summed E-state index contributed by atoms with van der Waals surface area (Å²) in [5.41, 5.74) is 0.672. The van der Waals surface area contributed by atoms with Crippen LogP contribution in [0, 0.1) is 0 Å². The maximum atomic E-state index is 12.3. The van der Waals surface area contributed by atoms with Gasteiger partial charge < -0.3 is 20.9 Å². The van der Waals surface area contributed by atoms with Crippen molar-refractivity contribution in [1.82, 2.24) is 15.6 Å². The molecule has 1 aromatic rings. The predicted molar refractivity (Wildman–Crippen MR) is 97.7 cm³/mol. The standard InChI is InChI=1S/C18H27N5O2/c1-13(17(24)21-14-7-2-3-8-14)20-18(25)22-15-9-6-10-19-16(15)23-11-4-5-12-23/h6,9-10,13-14H,2-5,7-8,11-12H2,1H3,(H,21,24)(H2,20,22,25)/t13-/m1/s1. The Kier molecular flexibility index (Phi) is 5.73. The summed E-state index contributed by atoms with van der Waals surface area (Å²) in [6.07, 6.45) is 8.38. The van der Waals surface area contributed by atoms with Crippen molar-refractivity contribution < 1.29 is 9.59 Å². The number of aromatic nitrogens is 1. The molecule has 3 rings (SSSR count). The van der Waals surface area contributed by atoms with Gasteiger partial charge in [0.15, 0.2) is 5.82 Å². The van der Waals surface area contributed by atoms with Crippen LogP contribution >= 0.6 is 0 Å². The van der Waals surface area contributed by atoms with E-state index in [-0.39, 0.29) is 18.0 Å². The quantitative estimate of drug-likeness (QED) is 0.764. The predicted octanol–water partition coefficient (Wildman–Crippen LogP) is 2.25. The monoisotopic (exact) mass is 345 g/mol. The van der Waals surface area contributed by atoms with Gasteiger partial charge in [-0.25, -0.2) is 9.78 Å². The first kappa shape index (κ1) is 17.5. The number of carbonyl (C=O) groups is 2. The maximum absolute atomic E-state index is 12.3. The highest BCUT2D eigenvalue weighted by molar-refractivity contribution is 5.95. The van der Waals surface area contributed by atoms with Crippen molar-refractivity contribution in [3.05, 3.63) is 18.3 Å². The van der Waals surface area contributed by atoms with E-state index in [9.17, 15) is 9.59 Å². The van der Waals surface area contributed by atoms with E-state index in [1.54, 1.807) is 19.2 Å². The Morgan fingerprint density at radius 3 is 2.64 bits per heavy atom. The van der Waals surface area contributed by atoms with Crippen molar-refractivity contribution in [3.8, 4) is 0 Å². The number of amides is 3. The van der Waals surface area contributed by atoms with Crippen LogP contribution < -0.4 is 20.9 Å². The van der Waals surface area contributed by atoms with Gasteiger partial charge in [0.05, 0.1) is 5.69 Å². The zero-order chi connectivity index (χ0) is 17.6. The fourth-order valence-electron chi connectivity index (χ4n) is 3.49. The summed E-state index contributed by atoms with van der Waals surface area (Å²) in [5, 5.41) is 8.55. The number of rotatable bonds is 5. The van der Waals surface area contributed by atoms with E-state index in [1.807, 2.05) is 6.07 Å². The summed E-state index contributed by atoms with van der Waals surface area (Å²) in [5.74, 6) is 0.659. The summed E-state index contributed by atoms with van der Waals surface area (Å²) in [7, 11) is 0. The third-order valence-electron chi connectivity index (χ3n) is 4.88. The lowest BCUT2D eigenvalue weighted by Gasteiger charge is -2.21. The van der Waals surface area contributed by atoms with Gasteiger partial charge in [0.25, 0.3) is 0 Å². The average Bonchev–Trinajstić information content (AvgIpc) is 3.28. The summed E-state index contributed by atoms with van der Waals surface area (Å²) in [6.45, 7) is 3.61. The zero-order valence-corrected chi connectivity index (χ0v) is 14.8. The molecule has 1 aromatic heterocycles. The Bertz CT molecular complexity index is 609. The molecule has 3 N–H and O–H groups in total. The smallest absolute Gasteiger partial charge is 0.319 e. The van der Waals surface area contributed by atoms with Gasteiger partial charge in [0, 0.05) is 25.3 Å². The van der Waals surface area contributed by atoms with Gasteiger partial charge in [0.2, 0.25) is 5.91 Å². The van der Waals surface area contributed by atoms with Gasteiger partial charge >= 0.3 is 6.03 Å². The SMILES string of the molecule is C[C@@H](NC(=O)Nc1cccnc1N1CCCC1)C(=O)NC1CCCC1. The topological polar surface area (TPSA) is 86.4 Å². The molecule has 1 saturated carbocycles. The number of carbonyl (C=O) groups excluding carboxylic acids is 2. The number of pyridine rings is 1. The largest absolute Gasteiger partial charge is 0.355 e. The molecule has 25 heavy (non-hydrogen) atoms. The maximum Gasteiger partial charge on any atom is 0.319 e. The van der Waals surface area contributed by atoms with Crippen molar-refractivity contribution >= 4 is 23.4 Å². The molecule has 3 amide bonds. The summed E-state index contributed by atoms with van der Waals surface area (Å²) >= 11 is 0. The van der Waals surface area contributed by atoms with Crippen LogP contribution in [0.3, 0.4) is 0 Å². The molecule has 0 bridgehead atoms. The van der Waals surface area contributed by atoms with Gasteiger partial charge in [-0.2, -0.15) is 0 Å². The Morgan fingerprint density at radius 2 is 1.92 bits per heavy atom.